The number of halogens is 1. The molecule has 110 valence electrons. The molecule has 0 bridgehead atoms. The highest BCUT2D eigenvalue weighted by molar-refractivity contribution is 7.93. The van der Waals surface area contributed by atoms with Gasteiger partial charge in [-0.05, 0) is 0 Å². The van der Waals surface area contributed by atoms with Crippen molar-refractivity contribution in [2.75, 3.05) is 4.72 Å². The van der Waals surface area contributed by atoms with Crippen LogP contribution in [0.15, 0.2) is 22.0 Å². The molecule has 0 fully saturated rings. The Kier molecular flexibility index (Phi) is 3.48. The van der Waals surface area contributed by atoms with E-state index in [1.807, 2.05) is 0 Å². The predicted octanol–water partition coefficient (Wildman–Crippen LogP) is 2.51. The minimum atomic E-state index is -3.95. The first-order chi connectivity index (χ1) is 9.88. The molecule has 0 saturated carbocycles. The Morgan fingerprint density at radius 1 is 1.38 bits per heavy atom. The molecule has 3 aromatic rings. The molecule has 0 saturated heterocycles. The number of carbonyl (C=O) groups excluding carboxylic acids is 1. The molecule has 1 N–H and O–H groups in total. The lowest BCUT2D eigenvalue weighted by molar-refractivity contribution is 0.101. The molecule has 0 aromatic carbocycles. The van der Waals surface area contributed by atoms with E-state index in [4.69, 9.17) is 11.6 Å². The van der Waals surface area contributed by atoms with Gasteiger partial charge in [0.15, 0.2) is 26.1 Å². The molecule has 7 nitrogen and oxygen atoms in total. The van der Waals surface area contributed by atoms with Gasteiger partial charge in [0.2, 0.25) is 0 Å². The van der Waals surface area contributed by atoms with Gasteiger partial charge in [-0.25, -0.2) is 9.97 Å². The van der Waals surface area contributed by atoms with Gasteiger partial charge in [-0.3, -0.25) is 13.9 Å². The fourth-order valence-corrected chi connectivity index (χ4v) is 5.08. The zero-order chi connectivity index (χ0) is 15.2. The fourth-order valence-electron chi connectivity index (χ4n) is 1.62. The number of ketones is 1. The van der Waals surface area contributed by atoms with Gasteiger partial charge in [0, 0.05) is 23.9 Å². The zero-order valence-corrected chi connectivity index (χ0v) is 13.6. The van der Waals surface area contributed by atoms with Crippen molar-refractivity contribution in [2.24, 2.45) is 0 Å². The molecular formula is C10H7ClN4O3S3. The summed E-state index contributed by atoms with van der Waals surface area (Å²) in [6, 6.07) is 0. The molecule has 0 atom stereocenters. The third-order valence-electron chi connectivity index (χ3n) is 2.52. The van der Waals surface area contributed by atoms with Gasteiger partial charge in [0.25, 0.3) is 10.0 Å². The Balaban J connectivity index is 2.02. The summed E-state index contributed by atoms with van der Waals surface area (Å²) >= 11 is 8.19. The smallest absolute Gasteiger partial charge is 0.282 e. The molecule has 0 radical (unpaired) electrons. The molecule has 0 amide bonds. The number of nitrogens with zero attached hydrogens (tertiary/aromatic N) is 3. The van der Waals surface area contributed by atoms with Crippen LogP contribution in [-0.2, 0) is 10.0 Å². The van der Waals surface area contributed by atoms with E-state index in [0.29, 0.717) is 4.96 Å². The molecular weight excluding hydrogens is 356 g/mol. The van der Waals surface area contributed by atoms with Crippen LogP contribution < -0.4 is 4.72 Å². The lowest BCUT2D eigenvalue weighted by Crippen LogP contribution is -2.15. The number of hydrogen-bond donors (Lipinski definition) is 1. The zero-order valence-electron chi connectivity index (χ0n) is 10.4. The van der Waals surface area contributed by atoms with E-state index < -0.39 is 10.0 Å². The number of aromatic nitrogens is 3. The van der Waals surface area contributed by atoms with Crippen LogP contribution >= 0.6 is 34.3 Å². The summed E-state index contributed by atoms with van der Waals surface area (Å²) in [5.74, 6) is -0.237. The maximum Gasteiger partial charge on any atom is 0.282 e. The summed E-state index contributed by atoms with van der Waals surface area (Å²) < 4.78 is 28.5. The van der Waals surface area contributed by atoms with Gasteiger partial charge in [-0.2, -0.15) is 8.42 Å². The third kappa shape index (κ3) is 2.55. The number of Topliss-reactive ketones (excluding diaryl/α,β-unsaturated/α-hetero) is 1. The van der Waals surface area contributed by atoms with Crippen molar-refractivity contribution in [3.63, 3.8) is 0 Å². The van der Waals surface area contributed by atoms with E-state index in [1.165, 1.54) is 28.0 Å². The van der Waals surface area contributed by atoms with Crippen molar-refractivity contribution < 1.29 is 13.2 Å². The molecule has 3 rings (SSSR count). The number of rotatable bonds is 4. The molecule has 11 heteroatoms. The summed E-state index contributed by atoms with van der Waals surface area (Å²) in [5.41, 5.74) is 0.206. The summed E-state index contributed by atoms with van der Waals surface area (Å²) in [6.45, 7) is 1.36. The molecule has 21 heavy (non-hydrogen) atoms. The van der Waals surface area contributed by atoms with Crippen molar-refractivity contribution in [1.29, 1.82) is 0 Å². The first kappa shape index (κ1) is 14.4. The summed E-state index contributed by atoms with van der Waals surface area (Å²) in [5, 5.41) is 3.02. The van der Waals surface area contributed by atoms with Gasteiger partial charge < -0.3 is 0 Å². The van der Waals surface area contributed by atoms with E-state index in [-0.39, 0.29) is 26.8 Å². The van der Waals surface area contributed by atoms with Gasteiger partial charge in [0.05, 0.1) is 0 Å². The van der Waals surface area contributed by atoms with Crippen molar-refractivity contribution in [2.45, 2.75) is 11.9 Å². The number of imidazole rings is 1. The molecule has 3 aromatic heterocycles. The highest BCUT2D eigenvalue weighted by atomic mass is 35.5. The molecule has 3 heterocycles. The number of hydrogen-bond acceptors (Lipinski definition) is 7. The van der Waals surface area contributed by atoms with Crippen molar-refractivity contribution in [3.8, 4) is 0 Å². The van der Waals surface area contributed by atoms with E-state index in [0.717, 1.165) is 11.3 Å². The van der Waals surface area contributed by atoms with Gasteiger partial charge in [-0.1, -0.05) is 11.6 Å². The van der Waals surface area contributed by atoms with Crippen LogP contribution in [0.4, 0.5) is 5.13 Å². The van der Waals surface area contributed by atoms with E-state index in [9.17, 15) is 13.2 Å². The minimum Gasteiger partial charge on any atom is -0.293 e. The Hall–Kier alpha value is -1.49. The topological polar surface area (TPSA) is 93.4 Å². The van der Waals surface area contributed by atoms with Crippen molar-refractivity contribution >= 4 is 60.2 Å². The monoisotopic (exact) mass is 362 g/mol. The van der Waals surface area contributed by atoms with Gasteiger partial charge in [-0.15, -0.1) is 22.7 Å². The van der Waals surface area contributed by atoms with Gasteiger partial charge in [0.1, 0.15) is 5.69 Å². The second kappa shape index (κ2) is 5.05. The number of nitrogens with one attached hydrogen (secondary N) is 1. The van der Waals surface area contributed by atoms with Crippen molar-refractivity contribution in [1.82, 2.24) is 14.4 Å². The Morgan fingerprint density at radius 2 is 2.14 bits per heavy atom. The number of carbonyl (C=O) groups is 1. The number of fused-ring (bicyclic) bond motifs is 1. The molecule has 0 spiro atoms. The maximum absolute atomic E-state index is 12.4. The van der Waals surface area contributed by atoms with Crippen LogP contribution in [-0.4, -0.2) is 28.6 Å². The van der Waals surface area contributed by atoms with Gasteiger partial charge >= 0.3 is 0 Å². The number of sulfonamides is 1. The molecule has 0 unspecified atom stereocenters. The minimum absolute atomic E-state index is 0.0986. The van der Waals surface area contributed by atoms with Crippen LogP contribution in [0.25, 0.3) is 4.96 Å². The molecule has 0 aliphatic carbocycles. The summed E-state index contributed by atoms with van der Waals surface area (Å²) in [6.07, 6.45) is 1.57. The summed E-state index contributed by atoms with van der Waals surface area (Å²) in [4.78, 5) is 19.5. The second-order valence-corrected chi connectivity index (χ2v) is 7.65. The number of thiazole rings is 2. The second-order valence-electron chi connectivity index (χ2n) is 3.96. The average Bonchev–Trinajstić information content (AvgIpc) is 3.02. The fraction of sp³-hybridized carbons (Fsp3) is 0.100. The highest BCUT2D eigenvalue weighted by Crippen LogP contribution is 2.28. The Labute approximate surface area is 132 Å². The Bertz CT molecular complexity index is 940. The highest BCUT2D eigenvalue weighted by Gasteiger charge is 2.26. The summed E-state index contributed by atoms with van der Waals surface area (Å²) in [7, 11) is -3.95. The Morgan fingerprint density at radius 3 is 2.81 bits per heavy atom. The van der Waals surface area contributed by atoms with E-state index in [1.54, 1.807) is 11.6 Å². The van der Waals surface area contributed by atoms with Crippen LogP contribution in [0, 0.1) is 0 Å². The first-order valence-electron chi connectivity index (χ1n) is 5.49. The lowest BCUT2D eigenvalue weighted by atomic mass is 10.4. The lowest BCUT2D eigenvalue weighted by Gasteiger charge is -2.03. The SMILES string of the molecule is CC(=O)c1csc(NS(=O)(=O)c2c(Cl)nc3sccn23)n1. The standard InChI is InChI=1S/C10H7ClN4O3S3/c1-5(16)6-4-20-9(12-6)14-21(17,18)8-7(11)13-10-15(8)2-3-19-10/h2-4H,1H3,(H,12,14). The van der Waals surface area contributed by atoms with Crippen LogP contribution in [0.5, 0.6) is 0 Å². The normalized spacial score (nSPS) is 11.9. The van der Waals surface area contributed by atoms with Crippen molar-refractivity contribution in [3.05, 3.63) is 27.8 Å². The average molecular weight is 363 g/mol. The maximum atomic E-state index is 12.4. The molecule has 0 aliphatic heterocycles. The van der Waals surface area contributed by atoms with Crippen LogP contribution in [0.1, 0.15) is 17.4 Å². The van der Waals surface area contributed by atoms with Crippen LogP contribution in [0.2, 0.25) is 5.15 Å². The van der Waals surface area contributed by atoms with E-state index >= 15 is 0 Å². The first-order valence-corrected chi connectivity index (χ1v) is 9.11. The quantitative estimate of drug-likeness (QED) is 0.720. The van der Waals surface area contributed by atoms with E-state index in [2.05, 4.69) is 14.7 Å². The third-order valence-corrected chi connectivity index (χ3v) is 5.90. The molecule has 0 aliphatic rings. The largest absolute Gasteiger partial charge is 0.293 e. The van der Waals surface area contributed by atoms with Crippen LogP contribution in [0.3, 0.4) is 0 Å². The predicted molar refractivity (Wildman–Crippen MR) is 81.0 cm³/mol. The number of anilines is 1.